The number of esters is 2. The summed E-state index contributed by atoms with van der Waals surface area (Å²) in [6.07, 6.45) is 2.29. The summed E-state index contributed by atoms with van der Waals surface area (Å²) in [6.45, 7) is 6.54. The van der Waals surface area contributed by atoms with Crippen LogP contribution in [-0.2, 0) is 30.3 Å². The Morgan fingerprint density at radius 3 is 2.43 bits per heavy atom. The molecule has 5 unspecified atom stereocenters. The van der Waals surface area contributed by atoms with Gasteiger partial charge in [-0.05, 0) is 57.9 Å². The zero-order chi connectivity index (χ0) is 26.9. The van der Waals surface area contributed by atoms with Gasteiger partial charge in [0.2, 0.25) is 5.91 Å². The normalized spacial score (nSPS) is 22.5. The van der Waals surface area contributed by atoms with Gasteiger partial charge in [-0.2, -0.15) is 0 Å². The van der Waals surface area contributed by atoms with Crippen LogP contribution in [0, 0.1) is 5.92 Å². The van der Waals surface area contributed by atoms with E-state index < -0.39 is 30.1 Å². The molecule has 2 saturated heterocycles. The van der Waals surface area contributed by atoms with Crippen LogP contribution < -0.4 is 10.6 Å². The lowest BCUT2D eigenvalue weighted by Crippen LogP contribution is -2.59. The van der Waals surface area contributed by atoms with E-state index in [1.807, 2.05) is 30.3 Å². The molecule has 0 aliphatic carbocycles. The van der Waals surface area contributed by atoms with Crippen molar-refractivity contribution in [1.29, 1.82) is 0 Å². The number of amides is 3. The molecular weight excluding hydrogens is 476 g/mol. The van der Waals surface area contributed by atoms with E-state index in [0.29, 0.717) is 38.8 Å². The van der Waals surface area contributed by atoms with E-state index in [-0.39, 0.29) is 37.1 Å². The van der Waals surface area contributed by atoms with Gasteiger partial charge in [0.15, 0.2) is 0 Å². The predicted octanol–water partition coefficient (Wildman–Crippen LogP) is 1.72. The molecule has 10 heteroatoms. The van der Waals surface area contributed by atoms with Gasteiger partial charge in [-0.1, -0.05) is 30.3 Å². The number of hydrogen-bond acceptors (Lipinski definition) is 7. The van der Waals surface area contributed by atoms with Gasteiger partial charge in [-0.3, -0.25) is 14.9 Å². The number of nitrogens with zero attached hydrogens (tertiary/aromatic N) is 2. The fourth-order valence-electron chi connectivity index (χ4n) is 5.37. The summed E-state index contributed by atoms with van der Waals surface area (Å²) in [5.41, 5.74) is 1.08. The average molecular weight is 517 g/mol. The highest BCUT2D eigenvalue weighted by Gasteiger charge is 2.51. The van der Waals surface area contributed by atoms with E-state index in [4.69, 9.17) is 9.47 Å². The zero-order valence-corrected chi connectivity index (χ0v) is 22.3. The maximum Gasteiger partial charge on any atom is 0.328 e. The number of fused-ring (bicyclic) bond motifs is 1. The molecular formula is C27H40N4O6. The summed E-state index contributed by atoms with van der Waals surface area (Å²) in [6, 6.07) is 7.14. The molecule has 0 aromatic heterocycles. The fraction of sp³-hybridized carbons (Fsp3) is 0.630. The number of ether oxygens (including phenoxy) is 2. The SMILES string of the molecule is CCOC(=O)C(CCc1ccccc1)NC(C)C(=O)N1C(C(=O)OCC)CC2CCN(C(=O)NC)CC21. The minimum atomic E-state index is -0.753. The molecule has 0 spiro atoms. The van der Waals surface area contributed by atoms with Gasteiger partial charge in [0.05, 0.1) is 25.3 Å². The van der Waals surface area contributed by atoms with Crippen molar-refractivity contribution in [2.45, 2.75) is 70.6 Å². The highest BCUT2D eigenvalue weighted by Crippen LogP contribution is 2.37. The minimum absolute atomic E-state index is 0.0883. The molecule has 10 nitrogen and oxygen atoms in total. The smallest absolute Gasteiger partial charge is 0.328 e. The number of benzene rings is 1. The molecule has 2 aliphatic heterocycles. The van der Waals surface area contributed by atoms with Crippen LogP contribution in [-0.4, -0.2) is 91.2 Å². The monoisotopic (exact) mass is 516 g/mol. The van der Waals surface area contributed by atoms with Gasteiger partial charge in [0.25, 0.3) is 0 Å². The van der Waals surface area contributed by atoms with Crippen molar-refractivity contribution < 1.29 is 28.7 Å². The molecule has 1 aromatic carbocycles. The first-order valence-corrected chi connectivity index (χ1v) is 13.2. The molecule has 0 saturated carbocycles. The fourth-order valence-corrected chi connectivity index (χ4v) is 5.37. The zero-order valence-electron chi connectivity index (χ0n) is 22.3. The number of carbonyl (C=O) groups is 4. The largest absolute Gasteiger partial charge is 0.465 e. The minimum Gasteiger partial charge on any atom is -0.465 e. The van der Waals surface area contributed by atoms with Crippen LogP contribution in [0.2, 0.25) is 0 Å². The molecule has 1 aromatic rings. The van der Waals surface area contributed by atoms with Crippen molar-refractivity contribution in [3.63, 3.8) is 0 Å². The Balaban J connectivity index is 1.78. The van der Waals surface area contributed by atoms with E-state index in [1.165, 1.54) is 0 Å². The number of likely N-dealkylation sites (tertiary alicyclic amines) is 2. The van der Waals surface area contributed by atoms with Crippen molar-refractivity contribution >= 4 is 23.9 Å². The molecule has 2 heterocycles. The van der Waals surface area contributed by atoms with E-state index >= 15 is 0 Å². The lowest BCUT2D eigenvalue weighted by molar-refractivity contribution is -0.155. The summed E-state index contributed by atoms with van der Waals surface area (Å²) in [5, 5.41) is 5.81. The third-order valence-electron chi connectivity index (χ3n) is 7.21. The standard InChI is InChI=1S/C27H40N4O6/c1-5-36-25(33)21(13-12-19-10-8-7-9-11-19)29-18(3)24(32)31-22(26(34)37-6-2)16-20-14-15-30(17-23(20)31)27(35)28-4/h7-11,18,20-23,29H,5-6,12-17H2,1-4H3,(H,28,35). The first-order valence-electron chi connectivity index (χ1n) is 13.2. The van der Waals surface area contributed by atoms with Crippen LogP contribution in [0.15, 0.2) is 30.3 Å². The average Bonchev–Trinajstić information content (AvgIpc) is 3.29. The highest BCUT2D eigenvalue weighted by molar-refractivity contribution is 5.89. The van der Waals surface area contributed by atoms with Gasteiger partial charge < -0.3 is 24.6 Å². The van der Waals surface area contributed by atoms with E-state index in [0.717, 1.165) is 5.56 Å². The molecule has 3 rings (SSSR count). The maximum atomic E-state index is 13.8. The van der Waals surface area contributed by atoms with Crippen LogP contribution in [0.1, 0.15) is 45.6 Å². The maximum absolute atomic E-state index is 13.8. The summed E-state index contributed by atoms with van der Waals surface area (Å²) in [7, 11) is 1.57. The molecule has 5 atom stereocenters. The quantitative estimate of drug-likeness (QED) is 0.455. The number of nitrogens with one attached hydrogen (secondary N) is 2. The number of rotatable bonds is 10. The van der Waals surface area contributed by atoms with Crippen molar-refractivity contribution in [2.24, 2.45) is 5.92 Å². The van der Waals surface area contributed by atoms with Gasteiger partial charge >= 0.3 is 18.0 Å². The van der Waals surface area contributed by atoms with Gasteiger partial charge in [-0.25, -0.2) is 9.59 Å². The van der Waals surface area contributed by atoms with E-state index in [2.05, 4.69) is 10.6 Å². The number of piperidine rings is 1. The van der Waals surface area contributed by atoms with Crippen molar-refractivity contribution in [1.82, 2.24) is 20.4 Å². The van der Waals surface area contributed by atoms with Gasteiger partial charge in [0.1, 0.15) is 12.1 Å². The van der Waals surface area contributed by atoms with Crippen LogP contribution in [0.5, 0.6) is 0 Å². The summed E-state index contributed by atoms with van der Waals surface area (Å²) in [4.78, 5) is 55.0. The summed E-state index contributed by atoms with van der Waals surface area (Å²) >= 11 is 0. The lowest BCUT2D eigenvalue weighted by atomic mass is 9.91. The Kier molecular flexibility index (Phi) is 10.3. The Labute approximate surface area is 219 Å². The van der Waals surface area contributed by atoms with Crippen LogP contribution in [0.3, 0.4) is 0 Å². The predicted molar refractivity (Wildman–Crippen MR) is 138 cm³/mol. The molecule has 0 bridgehead atoms. The Morgan fingerprint density at radius 2 is 1.78 bits per heavy atom. The Morgan fingerprint density at radius 1 is 1.08 bits per heavy atom. The first kappa shape index (κ1) is 28.4. The van der Waals surface area contributed by atoms with Crippen LogP contribution >= 0.6 is 0 Å². The lowest BCUT2D eigenvalue weighted by Gasteiger charge is -2.39. The highest BCUT2D eigenvalue weighted by atomic mass is 16.5. The molecule has 2 fully saturated rings. The third-order valence-corrected chi connectivity index (χ3v) is 7.21. The molecule has 204 valence electrons. The molecule has 3 amide bonds. The summed E-state index contributed by atoms with van der Waals surface area (Å²) in [5.74, 6) is -1.05. The molecule has 0 radical (unpaired) electrons. The first-order chi connectivity index (χ1) is 17.8. The summed E-state index contributed by atoms with van der Waals surface area (Å²) < 4.78 is 10.6. The number of aryl methyl sites for hydroxylation is 1. The topological polar surface area (TPSA) is 117 Å². The van der Waals surface area contributed by atoms with Gasteiger partial charge in [0, 0.05) is 20.1 Å². The van der Waals surface area contributed by atoms with Crippen molar-refractivity contribution in [2.75, 3.05) is 33.4 Å². The number of urea groups is 1. The number of carbonyl (C=O) groups excluding carboxylic acids is 4. The van der Waals surface area contributed by atoms with E-state index in [9.17, 15) is 19.2 Å². The van der Waals surface area contributed by atoms with Crippen molar-refractivity contribution in [3.05, 3.63) is 35.9 Å². The number of hydrogen-bond donors (Lipinski definition) is 2. The van der Waals surface area contributed by atoms with E-state index in [1.54, 1.807) is 37.6 Å². The second-order valence-corrected chi connectivity index (χ2v) is 9.58. The third kappa shape index (κ3) is 7.00. The second-order valence-electron chi connectivity index (χ2n) is 9.58. The molecule has 37 heavy (non-hydrogen) atoms. The molecule has 2 aliphatic rings. The second kappa shape index (κ2) is 13.4. The Bertz CT molecular complexity index is 942. The Hall–Kier alpha value is -3.14. The van der Waals surface area contributed by atoms with Crippen LogP contribution in [0.25, 0.3) is 0 Å². The van der Waals surface area contributed by atoms with Crippen LogP contribution in [0.4, 0.5) is 4.79 Å². The van der Waals surface area contributed by atoms with Gasteiger partial charge in [-0.15, -0.1) is 0 Å². The van der Waals surface area contributed by atoms with Crippen molar-refractivity contribution in [3.8, 4) is 0 Å². The molecule has 2 N–H and O–H groups in total.